The van der Waals surface area contributed by atoms with Crippen molar-refractivity contribution >= 4 is 23.3 Å². The Bertz CT molecular complexity index is 525. The van der Waals surface area contributed by atoms with E-state index in [0.717, 1.165) is 31.6 Å². The van der Waals surface area contributed by atoms with Crippen LogP contribution in [0.15, 0.2) is 18.2 Å². The van der Waals surface area contributed by atoms with Crippen LogP contribution in [0.5, 0.6) is 0 Å². The Balaban J connectivity index is 1.85. The lowest BCUT2D eigenvalue weighted by molar-refractivity contribution is -0.129. The third kappa shape index (κ3) is 3.87. The lowest BCUT2D eigenvalue weighted by atomic mass is 10.1. The van der Waals surface area contributed by atoms with Gasteiger partial charge in [-0.1, -0.05) is 0 Å². The number of likely N-dealkylation sites (tertiary alicyclic amines) is 1. The number of hydrogen-bond acceptors (Lipinski definition) is 5. The van der Waals surface area contributed by atoms with Gasteiger partial charge < -0.3 is 20.7 Å². The highest BCUT2D eigenvalue weighted by atomic mass is 16.5. The number of benzene rings is 1. The van der Waals surface area contributed by atoms with Crippen LogP contribution < -0.4 is 11.1 Å². The normalized spacial score (nSPS) is 14.0. The molecule has 0 bridgehead atoms. The van der Waals surface area contributed by atoms with E-state index in [-0.39, 0.29) is 5.91 Å². The van der Waals surface area contributed by atoms with Gasteiger partial charge in [-0.3, -0.25) is 4.79 Å². The number of rotatable bonds is 5. The fraction of sp³-hybridized carbons (Fsp3) is 0.467. The number of ether oxygens (including phenoxy) is 1. The molecule has 0 unspecified atom stereocenters. The van der Waals surface area contributed by atoms with Gasteiger partial charge in [-0.2, -0.15) is 0 Å². The Morgan fingerprint density at radius 1 is 1.33 bits per heavy atom. The lowest BCUT2D eigenvalue weighted by Crippen LogP contribution is -2.29. The van der Waals surface area contributed by atoms with E-state index in [2.05, 4.69) is 10.1 Å². The Morgan fingerprint density at radius 3 is 2.67 bits per heavy atom. The molecule has 1 heterocycles. The van der Waals surface area contributed by atoms with Gasteiger partial charge in [0, 0.05) is 26.1 Å². The summed E-state index contributed by atoms with van der Waals surface area (Å²) in [5, 5.41) is 3.13. The molecule has 1 saturated heterocycles. The molecule has 1 fully saturated rings. The first-order valence-electron chi connectivity index (χ1n) is 7.11. The predicted molar refractivity (Wildman–Crippen MR) is 81.1 cm³/mol. The second-order valence-corrected chi connectivity index (χ2v) is 5.06. The Labute approximate surface area is 124 Å². The SMILES string of the molecule is COC(=O)c1ccc(NCCC(=O)N2CCCC2)c(N)c1. The van der Waals surface area contributed by atoms with Crippen LogP contribution in [0.25, 0.3) is 0 Å². The van der Waals surface area contributed by atoms with E-state index < -0.39 is 5.97 Å². The highest BCUT2D eigenvalue weighted by Gasteiger charge is 2.17. The van der Waals surface area contributed by atoms with Gasteiger partial charge in [0.2, 0.25) is 5.91 Å². The van der Waals surface area contributed by atoms with E-state index in [1.165, 1.54) is 7.11 Å². The molecule has 0 aliphatic carbocycles. The number of nitrogens with two attached hydrogens (primary N) is 1. The van der Waals surface area contributed by atoms with E-state index in [1.807, 2.05) is 4.90 Å². The van der Waals surface area contributed by atoms with Gasteiger partial charge in [0.1, 0.15) is 0 Å². The minimum absolute atomic E-state index is 0.171. The lowest BCUT2D eigenvalue weighted by Gasteiger charge is -2.16. The molecule has 2 rings (SSSR count). The summed E-state index contributed by atoms with van der Waals surface area (Å²) in [6.45, 7) is 2.26. The second-order valence-electron chi connectivity index (χ2n) is 5.06. The molecule has 1 aromatic carbocycles. The van der Waals surface area contributed by atoms with Crippen molar-refractivity contribution in [1.29, 1.82) is 0 Å². The molecule has 1 amide bonds. The molecule has 0 radical (unpaired) electrons. The van der Waals surface area contributed by atoms with Gasteiger partial charge >= 0.3 is 5.97 Å². The molecule has 6 heteroatoms. The van der Waals surface area contributed by atoms with Crippen LogP contribution in [-0.2, 0) is 9.53 Å². The average molecular weight is 291 g/mol. The molecule has 0 saturated carbocycles. The minimum Gasteiger partial charge on any atom is -0.465 e. The summed E-state index contributed by atoms with van der Waals surface area (Å²) >= 11 is 0. The smallest absolute Gasteiger partial charge is 0.337 e. The fourth-order valence-corrected chi connectivity index (χ4v) is 2.40. The molecule has 3 N–H and O–H groups in total. The molecule has 6 nitrogen and oxygen atoms in total. The molecule has 114 valence electrons. The highest BCUT2D eigenvalue weighted by molar-refractivity contribution is 5.91. The van der Waals surface area contributed by atoms with E-state index in [9.17, 15) is 9.59 Å². The highest BCUT2D eigenvalue weighted by Crippen LogP contribution is 2.20. The molecule has 1 aromatic rings. The Morgan fingerprint density at radius 2 is 2.05 bits per heavy atom. The quantitative estimate of drug-likeness (QED) is 0.634. The van der Waals surface area contributed by atoms with Crippen LogP contribution in [0, 0.1) is 0 Å². The third-order valence-electron chi connectivity index (χ3n) is 3.59. The van der Waals surface area contributed by atoms with Crippen molar-refractivity contribution in [2.75, 3.05) is 37.8 Å². The van der Waals surface area contributed by atoms with Crippen LogP contribution in [0.3, 0.4) is 0 Å². The summed E-state index contributed by atoms with van der Waals surface area (Å²) in [6.07, 6.45) is 2.64. The minimum atomic E-state index is -0.419. The van der Waals surface area contributed by atoms with E-state index in [4.69, 9.17) is 5.73 Å². The summed E-state index contributed by atoms with van der Waals surface area (Å²) in [5.74, 6) is -0.248. The fourth-order valence-electron chi connectivity index (χ4n) is 2.40. The van der Waals surface area contributed by atoms with Crippen molar-refractivity contribution in [3.63, 3.8) is 0 Å². The molecule has 0 spiro atoms. The molecule has 1 aliphatic rings. The largest absolute Gasteiger partial charge is 0.465 e. The summed E-state index contributed by atoms with van der Waals surface area (Å²) in [6, 6.07) is 4.94. The average Bonchev–Trinajstić information content (AvgIpc) is 3.02. The number of carbonyl (C=O) groups excluding carboxylic acids is 2. The Kier molecular flexibility index (Phi) is 5.03. The van der Waals surface area contributed by atoms with Crippen molar-refractivity contribution in [1.82, 2.24) is 4.90 Å². The van der Waals surface area contributed by atoms with Crippen molar-refractivity contribution in [2.24, 2.45) is 0 Å². The number of nitrogen functional groups attached to an aromatic ring is 1. The van der Waals surface area contributed by atoms with Gasteiger partial charge in [-0.05, 0) is 31.0 Å². The van der Waals surface area contributed by atoms with Crippen LogP contribution in [0.2, 0.25) is 0 Å². The molecule has 21 heavy (non-hydrogen) atoms. The molecular formula is C15H21N3O3. The second kappa shape index (κ2) is 6.97. The summed E-state index contributed by atoms with van der Waals surface area (Å²) in [4.78, 5) is 25.2. The van der Waals surface area contributed by atoms with E-state index in [1.54, 1.807) is 18.2 Å². The predicted octanol–water partition coefficient (Wildman–Crippen LogP) is 1.48. The first-order valence-corrected chi connectivity index (χ1v) is 7.11. The van der Waals surface area contributed by atoms with Crippen LogP contribution in [0.4, 0.5) is 11.4 Å². The maximum Gasteiger partial charge on any atom is 0.337 e. The van der Waals surface area contributed by atoms with Gasteiger partial charge in [-0.25, -0.2) is 4.79 Å². The van der Waals surface area contributed by atoms with Crippen molar-refractivity contribution in [3.05, 3.63) is 23.8 Å². The van der Waals surface area contributed by atoms with Gasteiger partial charge in [-0.15, -0.1) is 0 Å². The first-order chi connectivity index (χ1) is 10.1. The van der Waals surface area contributed by atoms with E-state index in [0.29, 0.717) is 24.2 Å². The Hall–Kier alpha value is -2.24. The van der Waals surface area contributed by atoms with Crippen LogP contribution in [0.1, 0.15) is 29.6 Å². The van der Waals surface area contributed by atoms with Crippen molar-refractivity contribution in [2.45, 2.75) is 19.3 Å². The monoisotopic (exact) mass is 291 g/mol. The van der Waals surface area contributed by atoms with Crippen molar-refractivity contribution in [3.8, 4) is 0 Å². The standard InChI is InChI=1S/C15H21N3O3/c1-21-15(20)11-4-5-13(12(16)10-11)17-7-6-14(19)18-8-2-3-9-18/h4-5,10,17H,2-3,6-9,16H2,1H3. The molecular weight excluding hydrogens is 270 g/mol. The van der Waals surface area contributed by atoms with Gasteiger partial charge in [0.05, 0.1) is 24.0 Å². The first kappa shape index (κ1) is 15.2. The number of nitrogens with one attached hydrogen (secondary N) is 1. The number of carbonyl (C=O) groups is 2. The summed E-state index contributed by atoms with van der Waals surface area (Å²) < 4.78 is 4.64. The third-order valence-corrected chi connectivity index (χ3v) is 3.59. The van der Waals surface area contributed by atoms with Crippen molar-refractivity contribution < 1.29 is 14.3 Å². The zero-order valence-electron chi connectivity index (χ0n) is 12.2. The maximum absolute atomic E-state index is 11.9. The number of anilines is 2. The van der Waals surface area contributed by atoms with Gasteiger partial charge in [0.15, 0.2) is 0 Å². The number of amides is 1. The topological polar surface area (TPSA) is 84.7 Å². The number of hydrogen-bond donors (Lipinski definition) is 2. The zero-order chi connectivity index (χ0) is 15.2. The molecule has 1 aliphatic heterocycles. The number of methoxy groups -OCH3 is 1. The summed E-state index contributed by atoms with van der Waals surface area (Å²) in [5.41, 5.74) is 7.48. The maximum atomic E-state index is 11.9. The van der Waals surface area contributed by atoms with Crippen LogP contribution in [-0.4, -0.2) is 43.5 Å². The van der Waals surface area contributed by atoms with E-state index >= 15 is 0 Å². The molecule has 0 atom stereocenters. The number of nitrogens with zero attached hydrogens (tertiary/aromatic N) is 1. The molecule has 0 aromatic heterocycles. The van der Waals surface area contributed by atoms with Gasteiger partial charge in [0.25, 0.3) is 0 Å². The summed E-state index contributed by atoms with van der Waals surface area (Å²) in [7, 11) is 1.33. The number of esters is 1. The van der Waals surface area contributed by atoms with Crippen LogP contribution >= 0.6 is 0 Å². The zero-order valence-corrected chi connectivity index (χ0v) is 12.2.